The van der Waals surface area contributed by atoms with E-state index in [9.17, 15) is 23.1 Å². The fourth-order valence-corrected chi connectivity index (χ4v) is 4.48. The molecule has 0 radical (unpaired) electrons. The topological polar surface area (TPSA) is 68.7 Å². The molecule has 0 bridgehead atoms. The highest BCUT2D eigenvalue weighted by Crippen LogP contribution is 2.34. The molecule has 0 saturated heterocycles. The number of alkyl halides is 3. The zero-order chi connectivity index (χ0) is 24.9. The summed E-state index contributed by atoms with van der Waals surface area (Å²) in [7, 11) is 0. The number of thiazole rings is 1. The molecule has 1 atom stereocenters. The predicted molar refractivity (Wildman–Crippen MR) is 124 cm³/mol. The lowest BCUT2D eigenvalue weighted by atomic mass is 10.0. The Morgan fingerprint density at radius 2 is 1.85 bits per heavy atom. The van der Waals surface area contributed by atoms with Crippen LogP contribution in [0.1, 0.15) is 46.7 Å². The molecule has 0 spiro atoms. The molecular formula is C25H26F3NO4S. The summed E-state index contributed by atoms with van der Waals surface area (Å²) in [5.41, 5.74) is 2.25. The van der Waals surface area contributed by atoms with Crippen molar-refractivity contribution in [3.63, 3.8) is 0 Å². The van der Waals surface area contributed by atoms with Crippen molar-refractivity contribution in [2.24, 2.45) is 0 Å². The van der Waals surface area contributed by atoms with Crippen LogP contribution in [0.2, 0.25) is 0 Å². The van der Waals surface area contributed by atoms with Gasteiger partial charge in [0.15, 0.2) is 6.61 Å². The van der Waals surface area contributed by atoms with Gasteiger partial charge in [-0.2, -0.15) is 13.2 Å². The third kappa shape index (κ3) is 6.57. The third-order valence-corrected chi connectivity index (χ3v) is 6.50. The number of aliphatic hydroxyl groups is 1. The number of carbonyl (C=O) groups excluding carboxylic acids is 1. The van der Waals surface area contributed by atoms with E-state index in [1.165, 1.54) is 23.5 Å². The quantitative estimate of drug-likeness (QED) is 0.367. The van der Waals surface area contributed by atoms with Crippen LogP contribution in [0.3, 0.4) is 0 Å². The summed E-state index contributed by atoms with van der Waals surface area (Å²) in [6.45, 7) is 5.52. The Morgan fingerprint density at radius 1 is 1.15 bits per heavy atom. The lowest BCUT2D eigenvalue weighted by molar-refractivity contribution is -0.145. The predicted octanol–water partition coefficient (Wildman–Crippen LogP) is 6.05. The average molecular weight is 494 g/mol. The minimum absolute atomic E-state index is 0.178. The van der Waals surface area contributed by atoms with Crippen LogP contribution in [0, 0.1) is 13.8 Å². The van der Waals surface area contributed by atoms with Crippen LogP contribution >= 0.6 is 11.3 Å². The monoisotopic (exact) mass is 493 g/mol. The van der Waals surface area contributed by atoms with Gasteiger partial charge in [0.2, 0.25) is 0 Å². The standard InChI is InChI=1S/C25H26F3NO4S/c1-4-32-23(31)14-33-21-11-7-18(13-15(21)2)20(30)10-12-22-16(3)29-24(34-22)17-5-8-19(9-6-17)25(26,27)28/h5-9,11,13,20,30H,4,10,12,14H2,1-3H3. The number of aryl methyl sites for hydroxylation is 3. The average Bonchev–Trinajstić information content (AvgIpc) is 3.16. The Labute approximate surface area is 200 Å². The maximum atomic E-state index is 12.8. The first-order valence-electron chi connectivity index (χ1n) is 10.8. The Balaban J connectivity index is 1.62. The van der Waals surface area contributed by atoms with E-state index in [-0.39, 0.29) is 13.2 Å². The number of rotatable bonds is 9. The zero-order valence-electron chi connectivity index (χ0n) is 19.1. The van der Waals surface area contributed by atoms with Gasteiger partial charge < -0.3 is 14.6 Å². The largest absolute Gasteiger partial charge is 0.482 e. The van der Waals surface area contributed by atoms with Gasteiger partial charge in [-0.3, -0.25) is 0 Å². The SMILES string of the molecule is CCOC(=O)COc1ccc(C(O)CCc2sc(-c3ccc(C(F)(F)F)cc3)nc2C)cc1C. The molecule has 0 saturated carbocycles. The second-order valence-electron chi connectivity index (χ2n) is 7.78. The van der Waals surface area contributed by atoms with E-state index >= 15 is 0 Å². The van der Waals surface area contributed by atoms with Gasteiger partial charge in [-0.25, -0.2) is 9.78 Å². The van der Waals surface area contributed by atoms with Gasteiger partial charge in [0.05, 0.1) is 24.0 Å². The summed E-state index contributed by atoms with van der Waals surface area (Å²) in [6.07, 6.45) is -4.06. The minimum Gasteiger partial charge on any atom is -0.482 e. The molecule has 5 nitrogen and oxygen atoms in total. The van der Waals surface area contributed by atoms with Crippen molar-refractivity contribution in [3.8, 4) is 16.3 Å². The number of hydrogen-bond acceptors (Lipinski definition) is 6. The van der Waals surface area contributed by atoms with Crippen molar-refractivity contribution < 1.29 is 32.5 Å². The van der Waals surface area contributed by atoms with E-state index in [0.29, 0.717) is 29.2 Å². The molecule has 0 amide bonds. The molecule has 34 heavy (non-hydrogen) atoms. The number of ether oxygens (including phenoxy) is 2. The smallest absolute Gasteiger partial charge is 0.416 e. The highest BCUT2D eigenvalue weighted by Gasteiger charge is 2.30. The molecule has 1 aromatic heterocycles. The van der Waals surface area contributed by atoms with Crippen molar-refractivity contribution in [1.82, 2.24) is 4.98 Å². The summed E-state index contributed by atoms with van der Waals surface area (Å²) in [4.78, 5) is 16.9. The maximum Gasteiger partial charge on any atom is 0.416 e. The van der Waals surface area contributed by atoms with Crippen molar-refractivity contribution in [1.29, 1.82) is 0 Å². The van der Waals surface area contributed by atoms with Crippen molar-refractivity contribution >= 4 is 17.3 Å². The summed E-state index contributed by atoms with van der Waals surface area (Å²) >= 11 is 1.41. The first-order valence-corrected chi connectivity index (χ1v) is 11.6. The number of hydrogen-bond donors (Lipinski definition) is 1. The molecule has 2 aromatic carbocycles. The summed E-state index contributed by atoms with van der Waals surface area (Å²) in [5, 5.41) is 11.3. The van der Waals surface area contributed by atoms with Gasteiger partial charge in [-0.1, -0.05) is 18.2 Å². The zero-order valence-corrected chi connectivity index (χ0v) is 19.9. The van der Waals surface area contributed by atoms with Crippen molar-refractivity contribution in [2.45, 2.75) is 45.9 Å². The molecule has 1 heterocycles. The molecule has 0 fully saturated rings. The number of carbonyl (C=O) groups is 1. The maximum absolute atomic E-state index is 12.8. The van der Waals surface area contributed by atoms with Gasteiger partial charge >= 0.3 is 12.1 Å². The summed E-state index contributed by atoms with van der Waals surface area (Å²) < 4.78 is 48.7. The number of halogens is 3. The van der Waals surface area contributed by atoms with Gasteiger partial charge in [-0.05, 0) is 69.0 Å². The summed E-state index contributed by atoms with van der Waals surface area (Å²) in [5.74, 6) is 0.102. The molecule has 9 heteroatoms. The number of aromatic nitrogens is 1. The molecular weight excluding hydrogens is 467 g/mol. The fourth-order valence-electron chi connectivity index (χ4n) is 3.40. The minimum atomic E-state index is -4.37. The van der Waals surface area contributed by atoms with E-state index in [1.54, 1.807) is 19.1 Å². The molecule has 3 rings (SSSR count). The highest BCUT2D eigenvalue weighted by molar-refractivity contribution is 7.15. The summed E-state index contributed by atoms with van der Waals surface area (Å²) in [6, 6.07) is 10.2. The molecule has 182 valence electrons. The lowest BCUT2D eigenvalue weighted by Crippen LogP contribution is -2.15. The van der Waals surface area contributed by atoms with Gasteiger partial charge in [0, 0.05) is 10.4 Å². The lowest BCUT2D eigenvalue weighted by Gasteiger charge is -2.14. The Hall–Kier alpha value is -2.91. The normalized spacial score (nSPS) is 12.4. The van der Waals surface area contributed by atoms with E-state index in [1.807, 2.05) is 19.9 Å². The van der Waals surface area contributed by atoms with Gasteiger partial charge in [0.1, 0.15) is 10.8 Å². The van der Waals surface area contributed by atoms with Crippen LogP contribution in [0.4, 0.5) is 13.2 Å². The number of benzene rings is 2. The van der Waals surface area contributed by atoms with Crippen LogP contribution < -0.4 is 4.74 Å². The first kappa shape index (κ1) is 25.7. The molecule has 0 aliphatic rings. The molecule has 0 aliphatic heterocycles. The van der Waals surface area contributed by atoms with Gasteiger partial charge in [-0.15, -0.1) is 11.3 Å². The van der Waals surface area contributed by atoms with E-state index in [0.717, 1.165) is 33.8 Å². The van der Waals surface area contributed by atoms with Crippen LogP contribution in [0.25, 0.3) is 10.6 Å². The van der Waals surface area contributed by atoms with E-state index < -0.39 is 23.8 Å². The Kier molecular flexibility index (Phi) is 8.33. The fraction of sp³-hybridized carbons (Fsp3) is 0.360. The Bertz CT molecular complexity index is 1130. The van der Waals surface area contributed by atoms with Crippen LogP contribution in [0.5, 0.6) is 5.75 Å². The first-order chi connectivity index (χ1) is 16.1. The second-order valence-corrected chi connectivity index (χ2v) is 8.86. The molecule has 3 aromatic rings. The second kappa shape index (κ2) is 11.0. The van der Waals surface area contributed by atoms with Crippen molar-refractivity contribution in [2.75, 3.05) is 13.2 Å². The van der Waals surface area contributed by atoms with Crippen LogP contribution in [-0.4, -0.2) is 29.3 Å². The van der Waals surface area contributed by atoms with Gasteiger partial charge in [0.25, 0.3) is 0 Å². The number of aliphatic hydroxyl groups excluding tert-OH is 1. The molecule has 0 aliphatic carbocycles. The van der Waals surface area contributed by atoms with E-state index in [2.05, 4.69) is 4.98 Å². The van der Waals surface area contributed by atoms with Crippen molar-refractivity contribution in [3.05, 3.63) is 69.7 Å². The van der Waals surface area contributed by atoms with E-state index in [4.69, 9.17) is 9.47 Å². The molecule has 1 N–H and O–H groups in total. The highest BCUT2D eigenvalue weighted by atomic mass is 32.1. The van der Waals surface area contributed by atoms with Crippen LogP contribution in [0.15, 0.2) is 42.5 Å². The number of nitrogens with zero attached hydrogens (tertiary/aromatic N) is 1. The number of esters is 1. The van der Waals surface area contributed by atoms with Crippen LogP contribution in [-0.2, 0) is 22.1 Å². The third-order valence-electron chi connectivity index (χ3n) is 5.23. The Morgan fingerprint density at radius 3 is 2.47 bits per heavy atom. The molecule has 1 unspecified atom stereocenters.